The molecule has 0 saturated carbocycles. The van der Waals surface area contributed by atoms with Gasteiger partial charge in [-0.05, 0) is 12.8 Å². The number of H-pyrrole nitrogens is 1. The highest BCUT2D eigenvalue weighted by Crippen LogP contribution is 2.27. The van der Waals surface area contributed by atoms with Crippen LogP contribution < -0.4 is 5.73 Å². The summed E-state index contributed by atoms with van der Waals surface area (Å²) in [7, 11) is -3.07. The van der Waals surface area contributed by atoms with E-state index >= 15 is 0 Å². The molecule has 2 rings (SSSR count). The third-order valence-electron chi connectivity index (χ3n) is 3.14. The molecule has 0 amide bonds. The second-order valence-corrected chi connectivity index (χ2v) is 7.62. The quantitative estimate of drug-likeness (QED) is 0.742. The fourth-order valence-electron chi connectivity index (χ4n) is 2.12. The van der Waals surface area contributed by atoms with Gasteiger partial charge in [0.25, 0.3) is 0 Å². The molecule has 2 heterocycles. The predicted octanol–water partition coefficient (Wildman–Crippen LogP) is -0.00550. The van der Waals surface area contributed by atoms with E-state index in [-0.39, 0.29) is 5.92 Å². The van der Waals surface area contributed by atoms with Gasteiger partial charge in [-0.15, -0.1) is 5.10 Å². The summed E-state index contributed by atoms with van der Waals surface area (Å²) < 4.78 is 24.4. The maximum atomic E-state index is 11.4. The maximum absolute atomic E-state index is 11.4. The number of nitrogens with two attached hydrogens (primary N) is 1. The van der Waals surface area contributed by atoms with E-state index in [1.165, 1.54) is 22.3 Å². The van der Waals surface area contributed by atoms with Crippen LogP contribution in [-0.2, 0) is 10.0 Å². The van der Waals surface area contributed by atoms with Crippen LogP contribution in [0.5, 0.6) is 0 Å². The van der Waals surface area contributed by atoms with E-state index in [1.54, 1.807) is 0 Å². The second kappa shape index (κ2) is 6.21. The largest absolute Gasteiger partial charge is 0.330 e. The molecule has 0 spiro atoms. The van der Waals surface area contributed by atoms with E-state index in [9.17, 15) is 8.42 Å². The predicted molar refractivity (Wildman–Crippen MR) is 74.6 cm³/mol. The van der Waals surface area contributed by atoms with Crippen molar-refractivity contribution in [2.75, 3.05) is 31.6 Å². The molecule has 1 aliphatic rings. The Hall–Kier alpha value is -0.640. The normalized spacial score (nSPS) is 18.8. The smallest absolute Gasteiger partial charge is 0.211 e. The van der Waals surface area contributed by atoms with E-state index in [2.05, 4.69) is 15.2 Å². The number of nitrogens with one attached hydrogen (secondary N) is 1. The summed E-state index contributed by atoms with van der Waals surface area (Å²) in [6.07, 6.45) is 2.82. The molecule has 0 radical (unpaired) electrons. The Morgan fingerprint density at radius 2 is 2.16 bits per heavy atom. The minimum Gasteiger partial charge on any atom is -0.330 e. The van der Waals surface area contributed by atoms with Gasteiger partial charge in [-0.1, -0.05) is 11.8 Å². The molecule has 9 heteroatoms. The molecule has 3 N–H and O–H groups in total. The number of piperidine rings is 1. The van der Waals surface area contributed by atoms with Crippen LogP contribution in [0.25, 0.3) is 0 Å². The standard InChI is InChI=1S/C10H19N5O2S2/c1-19(16,17)15-5-2-8(3-6-15)9-12-10(14-13-9)18-7-4-11/h8H,2-7,11H2,1H3,(H,12,13,14). The molecular weight excluding hydrogens is 286 g/mol. The Bertz CT molecular complexity index is 508. The Morgan fingerprint density at radius 1 is 1.47 bits per heavy atom. The summed E-state index contributed by atoms with van der Waals surface area (Å²) in [5, 5.41) is 7.80. The number of thioether (sulfide) groups is 1. The lowest BCUT2D eigenvalue weighted by atomic mass is 9.98. The number of aromatic nitrogens is 3. The zero-order valence-electron chi connectivity index (χ0n) is 10.9. The molecule has 7 nitrogen and oxygen atoms in total. The highest BCUT2D eigenvalue weighted by atomic mass is 32.2. The minimum absolute atomic E-state index is 0.262. The van der Waals surface area contributed by atoms with Crippen LogP contribution in [0.15, 0.2) is 5.16 Å². The molecule has 1 saturated heterocycles. The van der Waals surface area contributed by atoms with E-state index < -0.39 is 10.0 Å². The highest BCUT2D eigenvalue weighted by Gasteiger charge is 2.27. The molecule has 1 aromatic heterocycles. The first-order valence-electron chi connectivity index (χ1n) is 6.21. The fourth-order valence-corrected chi connectivity index (χ4v) is 3.56. The summed E-state index contributed by atoms with van der Waals surface area (Å²) in [5.41, 5.74) is 5.43. The lowest BCUT2D eigenvalue weighted by Crippen LogP contribution is -2.37. The van der Waals surface area contributed by atoms with E-state index in [4.69, 9.17) is 5.73 Å². The van der Waals surface area contributed by atoms with Crippen molar-refractivity contribution in [3.05, 3.63) is 5.82 Å². The monoisotopic (exact) mass is 305 g/mol. The first-order chi connectivity index (χ1) is 9.00. The van der Waals surface area contributed by atoms with Crippen molar-refractivity contribution in [3.63, 3.8) is 0 Å². The van der Waals surface area contributed by atoms with Gasteiger partial charge in [0, 0.05) is 31.3 Å². The van der Waals surface area contributed by atoms with Crippen molar-refractivity contribution in [2.45, 2.75) is 23.9 Å². The number of sulfonamides is 1. The SMILES string of the molecule is CS(=O)(=O)N1CCC(c2nc(SCCN)n[nH]2)CC1. The van der Waals surface area contributed by atoms with Crippen LogP contribution in [-0.4, -0.2) is 59.5 Å². The van der Waals surface area contributed by atoms with Gasteiger partial charge in [0.1, 0.15) is 5.82 Å². The first kappa shape index (κ1) is 14.8. The molecule has 19 heavy (non-hydrogen) atoms. The third-order valence-corrected chi connectivity index (χ3v) is 5.32. The molecule has 0 bridgehead atoms. The highest BCUT2D eigenvalue weighted by molar-refractivity contribution is 7.99. The first-order valence-corrected chi connectivity index (χ1v) is 9.04. The molecule has 0 atom stereocenters. The number of hydrogen-bond acceptors (Lipinski definition) is 6. The van der Waals surface area contributed by atoms with Crippen LogP contribution >= 0.6 is 11.8 Å². The maximum Gasteiger partial charge on any atom is 0.211 e. The molecule has 1 aliphatic heterocycles. The second-order valence-electron chi connectivity index (χ2n) is 4.58. The average Bonchev–Trinajstić information content (AvgIpc) is 2.84. The van der Waals surface area contributed by atoms with Gasteiger partial charge in [0.2, 0.25) is 15.2 Å². The summed E-state index contributed by atoms with van der Waals surface area (Å²) in [6, 6.07) is 0. The lowest BCUT2D eigenvalue weighted by molar-refractivity contribution is 0.315. The van der Waals surface area contributed by atoms with Crippen LogP contribution in [0, 0.1) is 0 Å². The molecule has 0 aromatic carbocycles. The Morgan fingerprint density at radius 3 is 2.74 bits per heavy atom. The fraction of sp³-hybridized carbons (Fsp3) is 0.800. The van der Waals surface area contributed by atoms with Crippen molar-refractivity contribution in [3.8, 4) is 0 Å². The topological polar surface area (TPSA) is 105 Å². The summed E-state index contributed by atoms with van der Waals surface area (Å²) >= 11 is 1.53. The van der Waals surface area contributed by atoms with Gasteiger partial charge < -0.3 is 5.73 Å². The van der Waals surface area contributed by atoms with Gasteiger partial charge in [-0.25, -0.2) is 17.7 Å². The van der Waals surface area contributed by atoms with Gasteiger partial charge >= 0.3 is 0 Å². The molecule has 1 fully saturated rings. The molecule has 0 aliphatic carbocycles. The number of hydrogen-bond donors (Lipinski definition) is 2. The van der Waals surface area contributed by atoms with Crippen LogP contribution in [0.4, 0.5) is 0 Å². The van der Waals surface area contributed by atoms with E-state index in [1.807, 2.05) is 0 Å². The average molecular weight is 305 g/mol. The molecule has 1 aromatic rings. The minimum atomic E-state index is -3.07. The van der Waals surface area contributed by atoms with Gasteiger partial charge in [-0.3, -0.25) is 5.10 Å². The summed E-state index contributed by atoms with van der Waals surface area (Å²) in [4.78, 5) is 4.43. The summed E-state index contributed by atoms with van der Waals surface area (Å²) in [6.45, 7) is 1.70. The number of nitrogens with zero attached hydrogens (tertiary/aromatic N) is 3. The van der Waals surface area contributed by atoms with E-state index in [0.29, 0.717) is 24.8 Å². The third kappa shape index (κ3) is 3.91. The van der Waals surface area contributed by atoms with Crippen LogP contribution in [0.3, 0.4) is 0 Å². The zero-order chi connectivity index (χ0) is 13.9. The molecule has 108 valence electrons. The van der Waals surface area contributed by atoms with Crippen LogP contribution in [0.1, 0.15) is 24.6 Å². The van der Waals surface area contributed by atoms with Crippen molar-refractivity contribution < 1.29 is 8.42 Å². The Balaban J connectivity index is 1.92. The van der Waals surface area contributed by atoms with Crippen molar-refractivity contribution in [1.82, 2.24) is 19.5 Å². The Kier molecular flexibility index (Phi) is 4.82. The van der Waals surface area contributed by atoms with Gasteiger partial charge in [-0.2, -0.15) is 0 Å². The summed E-state index contributed by atoms with van der Waals surface area (Å²) in [5.74, 6) is 1.91. The lowest BCUT2D eigenvalue weighted by Gasteiger charge is -2.28. The Labute approximate surface area is 117 Å². The number of rotatable bonds is 5. The van der Waals surface area contributed by atoms with Crippen LogP contribution in [0.2, 0.25) is 0 Å². The van der Waals surface area contributed by atoms with Crippen molar-refractivity contribution >= 4 is 21.8 Å². The van der Waals surface area contributed by atoms with Crippen molar-refractivity contribution in [1.29, 1.82) is 0 Å². The molecule has 0 unspecified atom stereocenters. The number of aromatic amines is 1. The van der Waals surface area contributed by atoms with Gasteiger partial charge in [0.15, 0.2) is 0 Å². The molecular formula is C10H19N5O2S2. The van der Waals surface area contributed by atoms with Crippen molar-refractivity contribution in [2.24, 2.45) is 5.73 Å². The zero-order valence-corrected chi connectivity index (χ0v) is 12.5. The van der Waals surface area contributed by atoms with E-state index in [0.717, 1.165) is 24.4 Å². The van der Waals surface area contributed by atoms with Gasteiger partial charge in [0.05, 0.1) is 6.26 Å².